The van der Waals surface area contributed by atoms with Crippen LogP contribution in [0, 0.1) is 5.92 Å². The minimum atomic E-state index is 0.0200. The van der Waals surface area contributed by atoms with E-state index in [0.717, 1.165) is 5.75 Å². The lowest BCUT2D eigenvalue weighted by molar-refractivity contribution is -0.122. The van der Waals surface area contributed by atoms with Crippen molar-refractivity contribution in [2.24, 2.45) is 5.92 Å². The van der Waals surface area contributed by atoms with Gasteiger partial charge in [-0.3, -0.25) is 4.79 Å². The first-order valence-corrected chi connectivity index (χ1v) is 6.26. The molecule has 0 aliphatic heterocycles. The summed E-state index contributed by atoms with van der Waals surface area (Å²) in [4.78, 5) is 11.6. The molecule has 3 N–H and O–H groups in total. The number of nitrogens with one attached hydrogen (secondary N) is 1. The molecule has 0 aromatic heterocycles. The molecule has 0 aliphatic carbocycles. The van der Waals surface area contributed by atoms with Crippen LogP contribution in [-0.4, -0.2) is 18.6 Å². The molecular weight excluding hydrogens is 228 g/mol. The number of carbonyl (C=O) groups excluding carboxylic acids is 1. The van der Waals surface area contributed by atoms with E-state index in [4.69, 9.17) is 10.5 Å². The van der Waals surface area contributed by atoms with Gasteiger partial charge < -0.3 is 15.8 Å². The first-order valence-electron chi connectivity index (χ1n) is 6.26. The second kappa shape index (κ2) is 6.89. The summed E-state index contributed by atoms with van der Waals surface area (Å²) in [6.45, 7) is 6.54. The summed E-state index contributed by atoms with van der Waals surface area (Å²) in [6, 6.07) is 7.33. The van der Waals surface area contributed by atoms with Gasteiger partial charge in [-0.05, 0) is 37.1 Å². The predicted octanol–water partition coefficient (Wildman–Crippen LogP) is 2.20. The Balaban J connectivity index is 2.25. The molecule has 0 radical (unpaired) electrons. The van der Waals surface area contributed by atoms with Crippen LogP contribution in [0.4, 0.5) is 5.69 Å². The molecule has 1 atom stereocenters. The molecular formula is C14H22N2O2. The molecule has 0 spiro atoms. The molecule has 0 heterocycles. The van der Waals surface area contributed by atoms with E-state index in [2.05, 4.69) is 19.2 Å². The van der Waals surface area contributed by atoms with Crippen molar-refractivity contribution in [3.63, 3.8) is 0 Å². The lowest BCUT2D eigenvalue weighted by atomic mass is 10.1. The summed E-state index contributed by atoms with van der Waals surface area (Å²) < 4.78 is 5.46. The summed E-state index contributed by atoms with van der Waals surface area (Å²) in [5, 5.41) is 2.94. The summed E-state index contributed by atoms with van der Waals surface area (Å²) in [5.74, 6) is 1.19. The summed E-state index contributed by atoms with van der Waals surface area (Å²) in [5.41, 5.74) is 6.27. The minimum absolute atomic E-state index is 0.0200. The third kappa shape index (κ3) is 5.08. The maximum atomic E-state index is 11.6. The fourth-order valence-electron chi connectivity index (χ4n) is 1.32. The Hall–Kier alpha value is -1.71. The normalized spacial score (nSPS) is 12.2. The zero-order chi connectivity index (χ0) is 13.5. The molecule has 4 nitrogen and oxygen atoms in total. The van der Waals surface area contributed by atoms with Crippen LogP contribution >= 0.6 is 0 Å². The molecule has 0 aliphatic rings. The average Bonchev–Trinajstić information content (AvgIpc) is 2.31. The van der Waals surface area contributed by atoms with Crippen molar-refractivity contribution in [2.45, 2.75) is 33.2 Å². The summed E-state index contributed by atoms with van der Waals surface area (Å²) in [6.07, 6.45) is 0.363. The zero-order valence-corrected chi connectivity index (χ0v) is 11.3. The third-order valence-corrected chi connectivity index (χ3v) is 2.87. The highest BCUT2D eigenvalue weighted by molar-refractivity contribution is 5.76. The number of rotatable bonds is 6. The molecule has 0 fully saturated rings. The fraction of sp³-hybridized carbons (Fsp3) is 0.500. The maximum Gasteiger partial charge on any atom is 0.223 e. The van der Waals surface area contributed by atoms with E-state index in [1.807, 2.05) is 6.92 Å². The smallest absolute Gasteiger partial charge is 0.223 e. The van der Waals surface area contributed by atoms with Crippen LogP contribution < -0.4 is 15.8 Å². The number of hydrogen-bond acceptors (Lipinski definition) is 3. The Bertz CT molecular complexity index is 374. The number of ether oxygens (including phenoxy) is 1. The van der Waals surface area contributed by atoms with Crippen LogP contribution in [0.25, 0.3) is 0 Å². The van der Waals surface area contributed by atoms with E-state index >= 15 is 0 Å². The van der Waals surface area contributed by atoms with Gasteiger partial charge in [0, 0.05) is 11.7 Å². The van der Waals surface area contributed by atoms with Gasteiger partial charge in [0.2, 0.25) is 5.91 Å². The largest absolute Gasteiger partial charge is 0.493 e. The molecule has 1 aromatic carbocycles. The number of anilines is 1. The van der Waals surface area contributed by atoms with Crippen molar-refractivity contribution in [1.29, 1.82) is 0 Å². The van der Waals surface area contributed by atoms with Crippen molar-refractivity contribution < 1.29 is 9.53 Å². The minimum Gasteiger partial charge on any atom is -0.493 e. The van der Waals surface area contributed by atoms with Crippen LogP contribution in [0.15, 0.2) is 24.3 Å². The van der Waals surface area contributed by atoms with Gasteiger partial charge in [0.1, 0.15) is 5.75 Å². The molecule has 1 amide bonds. The molecule has 0 saturated heterocycles. The number of nitrogen functional groups attached to an aromatic ring is 1. The maximum absolute atomic E-state index is 11.6. The topological polar surface area (TPSA) is 64.3 Å². The number of hydrogen-bond donors (Lipinski definition) is 2. The van der Waals surface area contributed by atoms with E-state index in [1.165, 1.54) is 0 Å². The van der Waals surface area contributed by atoms with Crippen molar-refractivity contribution >= 4 is 11.6 Å². The predicted molar refractivity (Wildman–Crippen MR) is 73.4 cm³/mol. The standard InChI is InChI=1S/C14H22N2O2/c1-10(2)11(3)16-14(17)8-9-18-13-6-4-12(15)5-7-13/h4-7,10-11H,8-9,15H2,1-3H3,(H,16,17). The number of carbonyl (C=O) groups is 1. The van der Waals surface area contributed by atoms with Gasteiger partial charge in [-0.15, -0.1) is 0 Å². The Morgan fingerprint density at radius 3 is 2.44 bits per heavy atom. The van der Waals surface area contributed by atoms with Crippen LogP contribution in [-0.2, 0) is 4.79 Å². The van der Waals surface area contributed by atoms with Gasteiger partial charge >= 0.3 is 0 Å². The lowest BCUT2D eigenvalue weighted by Crippen LogP contribution is -2.36. The van der Waals surface area contributed by atoms with Gasteiger partial charge in [-0.25, -0.2) is 0 Å². The Kier molecular flexibility index (Phi) is 5.49. The SMILES string of the molecule is CC(C)C(C)NC(=O)CCOc1ccc(N)cc1. The molecule has 1 aromatic rings. The number of nitrogens with two attached hydrogens (primary N) is 1. The lowest BCUT2D eigenvalue weighted by Gasteiger charge is -2.17. The monoisotopic (exact) mass is 250 g/mol. The number of amides is 1. The molecule has 4 heteroatoms. The van der Waals surface area contributed by atoms with Crippen LogP contribution in [0.2, 0.25) is 0 Å². The van der Waals surface area contributed by atoms with E-state index in [1.54, 1.807) is 24.3 Å². The van der Waals surface area contributed by atoms with Crippen molar-refractivity contribution in [2.75, 3.05) is 12.3 Å². The quantitative estimate of drug-likeness (QED) is 0.761. The zero-order valence-electron chi connectivity index (χ0n) is 11.3. The Morgan fingerprint density at radius 2 is 1.89 bits per heavy atom. The first-order chi connectivity index (χ1) is 8.49. The van der Waals surface area contributed by atoms with Crippen molar-refractivity contribution in [3.05, 3.63) is 24.3 Å². The van der Waals surface area contributed by atoms with Gasteiger partial charge in [0.25, 0.3) is 0 Å². The Labute approximate surface area is 109 Å². The molecule has 18 heavy (non-hydrogen) atoms. The fourth-order valence-corrected chi connectivity index (χ4v) is 1.32. The molecule has 100 valence electrons. The molecule has 0 bridgehead atoms. The highest BCUT2D eigenvalue weighted by atomic mass is 16.5. The van der Waals surface area contributed by atoms with Gasteiger partial charge in [-0.2, -0.15) is 0 Å². The second-order valence-corrected chi connectivity index (χ2v) is 4.77. The van der Waals surface area contributed by atoms with Crippen LogP contribution in [0.3, 0.4) is 0 Å². The summed E-state index contributed by atoms with van der Waals surface area (Å²) >= 11 is 0. The van der Waals surface area contributed by atoms with Gasteiger partial charge in [0.15, 0.2) is 0 Å². The highest BCUT2D eigenvalue weighted by Crippen LogP contribution is 2.13. The third-order valence-electron chi connectivity index (χ3n) is 2.87. The Morgan fingerprint density at radius 1 is 1.28 bits per heavy atom. The van der Waals surface area contributed by atoms with Gasteiger partial charge in [0.05, 0.1) is 13.0 Å². The highest BCUT2D eigenvalue weighted by Gasteiger charge is 2.10. The van der Waals surface area contributed by atoms with E-state index in [-0.39, 0.29) is 11.9 Å². The first kappa shape index (κ1) is 14.4. The van der Waals surface area contributed by atoms with E-state index < -0.39 is 0 Å². The summed E-state index contributed by atoms with van der Waals surface area (Å²) in [7, 11) is 0. The van der Waals surface area contributed by atoms with Gasteiger partial charge in [-0.1, -0.05) is 13.8 Å². The molecule has 1 unspecified atom stereocenters. The second-order valence-electron chi connectivity index (χ2n) is 4.77. The van der Waals surface area contributed by atoms with E-state index in [0.29, 0.717) is 24.6 Å². The number of benzene rings is 1. The van der Waals surface area contributed by atoms with Crippen LogP contribution in [0.5, 0.6) is 5.75 Å². The molecule has 1 rings (SSSR count). The van der Waals surface area contributed by atoms with Crippen molar-refractivity contribution in [3.8, 4) is 5.75 Å². The van der Waals surface area contributed by atoms with Crippen molar-refractivity contribution in [1.82, 2.24) is 5.32 Å². The van der Waals surface area contributed by atoms with E-state index in [9.17, 15) is 4.79 Å². The molecule has 0 saturated carbocycles. The average molecular weight is 250 g/mol. The van der Waals surface area contributed by atoms with Crippen LogP contribution in [0.1, 0.15) is 27.2 Å².